The van der Waals surface area contributed by atoms with E-state index < -0.39 is 0 Å². The minimum absolute atomic E-state index is 0.0316. The Balaban J connectivity index is 1.73. The molecule has 37 heavy (non-hydrogen) atoms. The number of aromatic nitrogens is 7. The van der Waals surface area contributed by atoms with Gasteiger partial charge in [-0.25, -0.2) is 4.68 Å². The molecule has 2 N–H and O–H groups in total. The Bertz CT molecular complexity index is 1450. The van der Waals surface area contributed by atoms with Crippen LogP contribution in [0.2, 0.25) is 0 Å². The van der Waals surface area contributed by atoms with Gasteiger partial charge in [-0.15, -0.1) is 5.10 Å². The van der Waals surface area contributed by atoms with Crippen molar-refractivity contribution in [1.82, 2.24) is 39.6 Å². The van der Waals surface area contributed by atoms with Gasteiger partial charge in [0.25, 0.3) is 0 Å². The second-order valence-corrected chi connectivity index (χ2v) is 9.65. The molecular weight excluding hydrogens is 472 g/mol. The van der Waals surface area contributed by atoms with Crippen LogP contribution in [-0.4, -0.2) is 77.7 Å². The standard InChI is InChI=1S/C26H34N8O3/c1-7-36-25-18-8-9-21-19-10-22(28-17(4)24(19)30-29-21)20-11-27-33(6)26(20)37-16(3)12-32(5)13-23(18)34(31-25)15(2)14-35/h8-11,15-16,35H,7,12-14H2,1-6H3,(H,29,30)/b9-8+. The average Bonchev–Trinajstić information content (AvgIpc) is 3.53. The van der Waals surface area contributed by atoms with Crippen molar-refractivity contribution in [2.24, 2.45) is 7.05 Å². The number of hydrogen-bond acceptors (Lipinski definition) is 8. The number of nitrogens with one attached hydrogen (secondary N) is 1. The molecule has 2 atom stereocenters. The number of aliphatic hydroxyl groups is 1. The van der Waals surface area contributed by atoms with Gasteiger partial charge >= 0.3 is 0 Å². The first kappa shape index (κ1) is 25.0. The van der Waals surface area contributed by atoms with Crippen LogP contribution in [0.5, 0.6) is 11.8 Å². The highest BCUT2D eigenvalue weighted by atomic mass is 16.5. The molecule has 0 saturated carbocycles. The Morgan fingerprint density at radius 1 is 1.30 bits per heavy atom. The Kier molecular flexibility index (Phi) is 6.74. The van der Waals surface area contributed by atoms with Crippen LogP contribution in [0.3, 0.4) is 0 Å². The van der Waals surface area contributed by atoms with Crippen LogP contribution in [0.25, 0.3) is 34.3 Å². The van der Waals surface area contributed by atoms with E-state index in [1.165, 1.54) is 0 Å². The second-order valence-electron chi connectivity index (χ2n) is 9.65. The summed E-state index contributed by atoms with van der Waals surface area (Å²) in [6.07, 6.45) is 5.68. The third-order valence-corrected chi connectivity index (χ3v) is 6.60. The van der Waals surface area contributed by atoms with Crippen LogP contribution in [0.15, 0.2) is 12.3 Å². The number of aryl methyl sites for hydroxylation is 2. The predicted octanol–water partition coefficient (Wildman–Crippen LogP) is 3.20. The molecule has 4 aromatic heterocycles. The lowest BCUT2D eigenvalue weighted by Crippen LogP contribution is -2.32. The molecule has 2 unspecified atom stereocenters. The third kappa shape index (κ3) is 4.60. The Labute approximate surface area is 215 Å². The highest BCUT2D eigenvalue weighted by Gasteiger charge is 2.24. The molecule has 11 heteroatoms. The summed E-state index contributed by atoms with van der Waals surface area (Å²) >= 11 is 0. The lowest BCUT2D eigenvalue weighted by atomic mass is 10.1. The fourth-order valence-electron chi connectivity index (χ4n) is 4.82. The zero-order valence-electron chi connectivity index (χ0n) is 22.2. The summed E-state index contributed by atoms with van der Waals surface area (Å²) in [5.74, 6) is 1.21. The van der Waals surface area contributed by atoms with Gasteiger partial charge in [0.2, 0.25) is 11.8 Å². The number of hydrogen-bond donors (Lipinski definition) is 2. The van der Waals surface area contributed by atoms with E-state index in [9.17, 15) is 5.11 Å². The van der Waals surface area contributed by atoms with Gasteiger partial charge in [-0.05, 0) is 53.0 Å². The van der Waals surface area contributed by atoms with Gasteiger partial charge in [-0.2, -0.15) is 10.2 Å². The van der Waals surface area contributed by atoms with E-state index in [2.05, 4.69) is 20.2 Å². The molecule has 0 fully saturated rings. The summed E-state index contributed by atoms with van der Waals surface area (Å²) in [5.41, 5.74) is 5.91. The Morgan fingerprint density at radius 3 is 2.86 bits per heavy atom. The number of aromatic amines is 1. The fraction of sp³-hybridized carbons (Fsp3) is 0.462. The molecule has 196 valence electrons. The number of likely N-dealkylation sites (N-methyl/N-ethyl adjacent to an activating group) is 1. The maximum Gasteiger partial charge on any atom is 0.240 e. The van der Waals surface area contributed by atoms with Crippen molar-refractivity contribution < 1.29 is 14.6 Å². The summed E-state index contributed by atoms with van der Waals surface area (Å²) in [7, 11) is 3.92. The summed E-state index contributed by atoms with van der Waals surface area (Å²) < 4.78 is 16.0. The molecular formula is C26H34N8O3. The van der Waals surface area contributed by atoms with Crippen molar-refractivity contribution in [2.45, 2.75) is 46.4 Å². The summed E-state index contributed by atoms with van der Waals surface area (Å²) in [5, 5.41) is 27.8. The monoisotopic (exact) mass is 506 g/mol. The van der Waals surface area contributed by atoms with Crippen LogP contribution in [-0.2, 0) is 13.6 Å². The van der Waals surface area contributed by atoms with Gasteiger partial charge < -0.3 is 14.6 Å². The van der Waals surface area contributed by atoms with Gasteiger partial charge in [0, 0.05) is 25.5 Å². The van der Waals surface area contributed by atoms with Crippen molar-refractivity contribution in [3.8, 4) is 23.0 Å². The number of aliphatic hydroxyl groups excluding tert-OH is 1. The second kappa shape index (κ2) is 9.98. The van der Waals surface area contributed by atoms with Gasteiger partial charge in [-0.1, -0.05) is 0 Å². The van der Waals surface area contributed by atoms with Crippen LogP contribution < -0.4 is 9.47 Å². The molecule has 5 rings (SSSR count). The summed E-state index contributed by atoms with van der Waals surface area (Å²) in [6.45, 7) is 9.57. The maximum atomic E-state index is 9.94. The third-order valence-electron chi connectivity index (χ3n) is 6.60. The normalized spacial score (nSPS) is 18.1. The van der Waals surface area contributed by atoms with Gasteiger partial charge in [0.05, 0.1) is 59.4 Å². The molecule has 0 spiro atoms. The topological polar surface area (TPSA) is 119 Å². The van der Waals surface area contributed by atoms with E-state index in [1.807, 2.05) is 64.7 Å². The summed E-state index contributed by atoms with van der Waals surface area (Å²) in [4.78, 5) is 7.00. The van der Waals surface area contributed by atoms with Crippen LogP contribution in [0, 0.1) is 6.92 Å². The smallest absolute Gasteiger partial charge is 0.240 e. The maximum absolute atomic E-state index is 9.94. The zero-order valence-corrected chi connectivity index (χ0v) is 22.2. The van der Waals surface area contributed by atoms with Gasteiger partial charge in [0.1, 0.15) is 11.6 Å². The molecule has 0 aromatic carbocycles. The Morgan fingerprint density at radius 2 is 2.11 bits per heavy atom. The highest BCUT2D eigenvalue weighted by molar-refractivity contribution is 5.93. The average molecular weight is 507 g/mol. The first-order valence-corrected chi connectivity index (χ1v) is 12.6. The predicted molar refractivity (Wildman–Crippen MR) is 141 cm³/mol. The first-order chi connectivity index (χ1) is 17.8. The van der Waals surface area contributed by atoms with E-state index >= 15 is 0 Å². The largest absolute Gasteiger partial charge is 0.476 e. The van der Waals surface area contributed by atoms with Crippen LogP contribution in [0.1, 0.15) is 49.5 Å². The number of ether oxygens (including phenoxy) is 2. The SMILES string of the molecule is CCOc1nn(C(C)CO)c2c1/C=C/c1[nH]nc3c(C)nc(cc13)-c1cnn(C)c1OC(C)CN(C)C2. The lowest BCUT2D eigenvalue weighted by molar-refractivity contribution is 0.145. The molecule has 2 bridgehead atoms. The summed E-state index contributed by atoms with van der Waals surface area (Å²) in [6, 6.07) is 1.81. The molecule has 5 heterocycles. The molecule has 4 aromatic rings. The fourth-order valence-corrected chi connectivity index (χ4v) is 4.82. The number of fused-ring (bicyclic) bond motifs is 4. The highest BCUT2D eigenvalue weighted by Crippen LogP contribution is 2.34. The van der Waals surface area contributed by atoms with Gasteiger partial charge in [0.15, 0.2) is 0 Å². The first-order valence-electron chi connectivity index (χ1n) is 12.6. The van der Waals surface area contributed by atoms with Crippen LogP contribution >= 0.6 is 0 Å². The van der Waals surface area contributed by atoms with E-state index in [0.717, 1.165) is 44.8 Å². The van der Waals surface area contributed by atoms with Crippen LogP contribution in [0.4, 0.5) is 0 Å². The lowest BCUT2D eigenvalue weighted by Gasteiger charge is -2.24. The molecule has 0 aliphatic carbocycles. The van der Waals surface area contributed by atoms with Crippen molar-refractivity contribution in [3.05, 3.63) is 34.9 Å². The van der Waals surface area contributed by atoms with Crippen molar-refractivity contribution in [2.75, 3.05) is 26.8 Å². The van der Waals surface area contributed by atoms with Gasteiger partial charge in [-0.3, -0.25) is 19.7 Å². The quantitative estimate of drug-likeness (QED) is 0.433. The molecule has 1 aliphatic heterocycles. The molecule has 0 radical (unpaired) electrons. The van der Waals surface area contributed by atoms with Crippen molar-refractivity contribution >= 4 is 23.1 Å². The minimum Gasteiger partial charge on any atom is -0.476 e. The minimum atomic E-state index is -0.207. The van der Waals surface area contributed by atoms with E-state index in [-0.39, 0.29) is 18.8 Å². The number of H-pyrrole nitrogens is 1. The molecule has 0 amide bonds. The number of pyridine rings is 1. The zero-order chi connectivity index (χ0) is 26.3. The number of nitrogens with zero attached hydrogens (tertiary/aromatic N) is 7. The van der Waals surface area contributed by atoms with E-state index in [1.54, 1.807) is 10.9 Å². The van der Waals surface area contributed by atoms with E-state index in [0.29, 0.717) is 31.5 Å². The van der Waals surface area contributed by atoms with E-state index in [4.69, 9.17) is 19.6 Å². The molecule has 11 nitrogen and oxygen atoms in total. The molecule has 0 saturated heterocycles. The van der Waals surface area contributed by atoms with Crippen molar-refractivity contribution in [1.29, 1.82) is 0 Å². The number of rotatable bonds is 4. The van der Waals surface area contributed by atoms with Crippen molar-refractivity contribution in [3.63, 3.8) is 0 Å². The Hall–Kier alpha value is -3.70. The molecule has 1 aliphatic rings.